The van der Waals surface area contributed by atoms with Crippen LogP contribution in [-0.2, 0) is 10.6 Å². The summed E-state index contributed by atoms with van der Waals surface area (Å²) in [6.07, 6.45) is 1.75. The summed E-state index contributed by atoms with van der Waals surface area (Å²) in [4.78, 5) is 9.60. The van der Waals surface area contributed by atoms with Crippen LogP contribution in [0.5, 0.6) is 11.5 Å². The van der Waals surface area contributed by atoms with Crippen LogP contribution in [0, 0.1) is 4.78 Å². The SMILES string of the molecule is CCOc1ccc(-c2cnc(Nc3cccc([SH](=N)=O)c3)nc2NCCOc2ccccc2)cc1. The molecular formula is C26H27N5O3S. The van der Waals surface area contributed by atoms with Crippen LogP contribution in [0.1, 0.15) is 6.92 Å². The maximum absolute atomic E-state index is 11.5. The monoisotopic (exact) mass is 489 g/mol. The number of hydrogen-bond donors (Lipinski definition) is 4. The smallest absolute Gasteiger partial charge is 0.229 e. The zero-order valence-electron chi connectivity index (χ0n) is 19.3. The van der Waals surface area contributed by atoms with Crippen LogP contribution in [0.4, 0.5) is 17.5 Å². The lowest BCUT2D eigenvalue weighted by Crippen LogP contribution is -2.14. The van der Waals surface area contributed by atoms with Gasteiger partial charge in [-0.25, -0.2) is 9.19 Å². The highest BCUT2D eigenvalue weighted by Crippen LogP contribution is 2.29. The molecule has 35 heavy (non-hydrogen) atoms. The highest BCUT2D eigenvalue weighted by Gasteiger charge is 2.11. The number of nitrogens with one attached hydrogen (secondary N) is 3. The van der Waals surface area contributed by atoms with E-state index < -0.39 is 10.6 Å². The van der Waals surface area contributed by atoms with Gasteiger partial charge in [-0.15, -0.1) is 0 Å². The van der Waals surface area contributed by atoms with Crippen molar-refractivity contribution in [2.45, 2.75) is 11.8 Å². The minimum absolute atomic E-state index is 0.378. The summed E-state index contributed by atoms with van der Waals surface area (Å²) in [7, 11) is -2.18. The molecular weight excluding hydrogens is 462 g/mol. The quantitative estimate of drug-likeness (QED) is 0.165. The van der Waals surface area contributed by atoms with E-state index in [1.165, 1.54) is 0 Å². The van der Waals surface area contributed by atoms with E-state index in [2.05, 4.69) is 20.6 Å². The molecule has 0 saturated heterocycles. The number of ether oxygens (including phenoxy) is 2. The van der Waals surface area contributed by atoms with Crippen molar-refractivity contribution in [1.29, 1.82) is 4.78 Å². The van der Waals surface area contributed by atoms with Gasteiger partial charge in [0.05, 0.1) is 23.7 Å². The number of hydrogen-bond acceptors (Lipinski definition) is 8. The summed E-state index contributed by atoms with van der Waals surface area (Å²) in [5.74, 6) is 2.63. The Hall–Kier alpha value is -4.11. The topological polar surface area (TPSA) is 109 Å². The van der Waals surface area contributed by atoms with Crippen LogP contribution in [0.2, 0.25) is 0 Å². The van der Waals surface area contributed by atoms with Crippen LogP contribution in [0.15, 0.2) is 90.0 Å². The maximum atomic E-state index is 11.5. The molecule has 0 bridgehead atoms. The minimum Gasteiger partial charge on any atom is -0.494 e. The number of nitrogens with zero attached hydrogens (tertiary/aromatic N) is 2. The predicted octanol–water partition coefficient (Wildman–Crippen LogP) is 5.38. The molecule has 9 heteroatoms. The molecule has 0 aliphatic rings. The summed E-state index contributed by atoms with van der Waals surface area (Å²) in [5, 5.41) is 6.49. The van der Waals surface area contributed by atoms with E-state index in [1.807, 2.05) is 67.6 Å². The number of para-hydroxylation sites is 1. The number of thiol groups is 1. The standard InChI is InChI=1S/C26H27N5O3S/c1-2-33-22-13-11-19(12-14-22)24-18-29-26(30-20-7-6-10-23(17-20)35(27)32)31-25(24)28-15-16-34-21-8-4-3-5-9-21/h3-14,17-18,27,35H,2,15-16H2,1H3,(H2,28,29,30,31). The lowest BCUT2D eigenvalue weighted by atomic mass is 10.1. The molecule has 180 valence electrons. The summed E-state index contributed by atoms with van der Waals surface area (Å²) < 4.78 is 30.4. The Kier molecular flexibility index (Phi) is 8.13. The largest absolute Gasteiger partial charge is 0.494 e. The van der Waals surface area contributed by atoms with Crippen molar-refractivity contribution in [3.8, 4) is 22.6 Å². The van der Waals surface area contributed by atoms with Crippen LogP contribution >= 0.6 is 0 Å². The predicted molar refractivity (Wildman–Crippen MR) is 139 cm³/mol. The number of anilines is 3. The third-order valence-corrected chi connectivity index (χ3v) is 5.76. The summed E-state index contributed by atoms with van der Waals surface area (Å²) in [6, 6.07) is 24.3. The molecule has 1 heterocycles. The van der Waals surface area contributed by atoms with Crippen LogP contribution in [0.3, 0.4) is 0 Å². The minimum atomic E-state index is -2.18. The Bertz CT molecular complexity index is 1320. The summed E-state index contributed by atoms with van der Waals surface area (Å²) in [6.45, 7) is 3.54. The second-order valence-corrected chi connectivity index (χ2v) is 8.58. The Morgan fingerprint density at radius 1 is 0.943 bits per heavy atom. The van der Waals surface area contributed by atoms with Crippen molar-refractivity contribution >= 4 is 28.0 Å². The Labute approximate surface area is 206 Å². The number of benzene rings is 3. The van der Waals surface area contributed by atoms with E-state index in [0.717, 1.165) is 22.6 Å². The van der Waals surface area contributed by atoms with Gasteiger partial charge in [0, 0.05) is 22.3 Å². The van der Waals surface area contributed by atoms with Gasteiger partial charge in [-0.3, -0.25) is 4.78 Å². The van der Waals surface area contributed by atoms with Gasteiger partial charge in [0.15, 0.2) is 0 Å². The first-order valence-electron chi connectivity index (χ1n) is 11.2. The lowest BCUT2D eigenvalue weighted by molar-refractivity contribution is 0.333. The second kappa shape index (κ2) is 11.8. The fraction of sp³-hybridized carbons (Fsp3) is 0.154. The first kappa shape index (κ1) is 24.0. The van der Waals surface area contributed by atoms with E-state index in [4.69, 9.17) is 14.3 Å². The van der Waals surface area contributed by atoms with Gasteiger partial charge in [0.25, 0.3) is 0 Å². The van der Waals surface area contributed by atoms with Crippen molar-refractivity contribution in [3.05, 3.63) is 85.1 Å². The van der Waals surface area contributed by atoms with E-state index in [0.29, 0.717) is 42.1 Å². The summed E-state index contributed by atoms with van der Waals surface area (Å²) >= 11 is 0. The fourth-order valence-electron chi connectivity index (χ4n) is 3.38. The lowest BCUT2D eigenvalue weighted by Gasteiger charge is -2.14. The molecule has 3 N–H and O–H groups in total. The fourth-order valence-corrected chi connectivity index (χ4v) is 3.86. The van der Waals surface area contributed by atoms with Crippen molar-refractivity contribution in [2.24, 2.45) is 0 Å². The molecule has 3 aromatic carbocycles. The van der Waals surface area contributed by atoms with Crippen molar-refractivity contribution in [2.75, 3.05) is 30.4 Å². The molecule has 4 aromatic rings. The molecule has 0 aliphatic carbocycles. The third-order valence-electron chi connectivity index (χ3n) is 5.01. The molecule has 4 rings (SSSR count). The highest BCUT2D eigenvalue weighted by atomic mass is 32.2. The van der Waals surface area contributed by atoms with Crippen molar-refractivity contribution < 1.29 is 13.7 Å². The van der Waals surface area contributed by atoms with Crippen LogP contribution in [0.25, 0.3) is 11.1 Å². The number of aromatic nitrogens is 2. The molecule has 0 fully saturated rings. The van der Waals surface area contributed by atoms with Crippen LogP contribution < -0.4 is 20.1 Å². The zero-order valence-corrected chi connectivity index (χ0v) is 20.2. The first-order chi connectivity index (χ1) is 17.1. The van der Waals surface area contributed by atoms with E-state index in [9.17, 15) is 4.21 Å². The Morgan fingerprint density at radius 2 is 1.71 bits per heavy atom. The average Bonchev–Trinajstić information content (AvgIpc) is 2.88. The molecule has 8 nitrogen and oxygen atoms in total. The van der Waals surface area contributed by atoms with E-state index in [-0.39, 0.29) is 0 Å². The third kappa shape index (κ3) is 6.70. The van der Waals surface area contributed by atoms with Crippen molar-refractivity contribution in [1.82, 2.24) is 9.97 Å². The van der Waals surface area contributed by atoms with Crippen molar-refractivity contribution in [3.63, 3.8) is 0 Å². The van der Waals surface area contributed by atoms with Gasteiger partial charge in [-0.1, -0.05) is 36.4 Å². The van der Waals surface area contributed by atoms with Gasteiger partial charge in [0.1, 0.15) is 23.9 Å². The molecule has 0 saturated carbocycles. The average molecular weight is 490 g/mol. The summed E-state index contributed by atoms with van der Waals surface area (Å²) in [5.41, 5.74) is 2.44. The van der Waals surface area contributed by atoms with Gasteiger partial charge < -0.3 is 20.1 Å². The van der Waals surface area contributed by atoms with Gasteiger partial charge >= 0.3 is 0 Å². The van der Waals surface area contributed by atoms with Gasteiger partial charge in [-0.2, -0.15) is 4.98 Å². The Balaban J connectivity index is 1.55. The van der Waals surface area contributed by atoms with Gasteiger partial charge in [0.2, 0.25) is 5.95 Å². The van der Waals surface area contributed by atoms with Crippen LogP contribution in [-0.4, -0.2) is 33.9 Å². The molecule has 0 radical (unpaired) electrons. The first-order valence-corrected chi connectivity index (χ1v) is 12.5. The molecule has 1 unspecified atom stereocenters. The van der Waals surface area contributed by atoms with E-state index in [1.54, 1.807) is 24.4 Å². The molecule has 0 spiro atoms. The van der Waals surface area contributed by atoms with E-state index >= 15 is 0 Å². The normalized spacial score (nSPS) is 11.5. The zero-order chi connectivity index (χ0) is 24.5. The molecule has 1 atom stereocenters. The molecule has 0 aliphatic heterocycles. The Morgan fingerprint density at radius 3 is 2.46 bits per heavy atom. The molecule has 1 aromatic heterocycles. The maximum Gasteiger partial charge on any atom is 0.229 e. The number of rotatable bonds is 11. The van der Waals surface area contributed by atoms with Gasteiger partial charge in [-0.05, 0) is 55.0 Å². The highest BCUT2D eigenvalue weighted by molar-refractivity contribution is 7.73. The molecule has 0 amide bonds. The second-order valence-electron chi connectivity index (χ2n) is 7.47.